The Morgan fingerprint density at radius 3 is 2.75 bits per heavy atom. The molecule has 0 aliphatic rings. The molecule has 0 unspecified atom stereocenters. The minimum absolute atomic E-state index is 0.112. The summed E-state index contributed by atoms with van der Waals surface area (Å²) in [5.74, 6) is -0.112. The summed E-state index contributed by atoms with van der Waals surface area (Å²) in [6.45, 7) is 3.97. The van der Waals surface area contributed by atoms with Gasteiger partial charge in [-0.2, -0.15) is 0 Å². The van der Waals surface area contributed by atoms with Crippen LogP contribution in [0.25, 0.3) is 10.2 Å². The van der Waals surface area contributed by atoms with Crippen LogP contribution in [-0.2, 0) is 0 Å². The van der Waals surface area contributed by atoms with E-state index in [4.69, 9.17) is 0 Å². The molecular weight excluding hydrogens is 268 g/mol. The van der Waals surface area contributed by atoms with Gasteiger partial charge in [0, 0.05) is 5.56 Å². The minimum Gasteiger partial charge on any atom is -0.298 e. The smallest absolute Gasteiger partial charge is 0.257 e. The van der Waals surface area contributed by atoms with E-state index >= 15 is 0 Å². The number of rotatable bonds is 2. The number of carbonyl (C=O) groups excluding carboxylic acids is 1. The second-order valence-electron chi connectivity index (χ2n) is 4.76. The molecule has 1 amide bonds. The van der Waals surface area contributed by atoms with Gasteiger partial charge in [-0.15, -0.1) is 0 Å². The first kappa shape index (κ1) is 12.8. The lowest BCUT2D eigenvalue weighted by atomic mass is 10.1. The second-order valence-corrected chi connectivity index (χ2v) is 5.79. The molecule has 1 aromatic heterocycles. The van der Waals surface area contributed by atoms with Gasteiger partial charge in [0.1, 0.15) is 0 Å². The molecule has 0 aliphatic carbocycles. The summed E-state index contributed by atoms with van der Waals surface area (Å²) in [4.78, 5) is 16.7. The molecule has 3 nitrogen and oxygen atoms in total. The average molecular weight is 282 g/mol. The molecule has 0 spiro atoms. The van der Waals surface area contributed by atoms with Crippen molar-refractivity contribution in [3.05, 3.63) is 59.2 Å². The van der Waals surface area contributed by atoms with Crippen molar-refractivity contribution in [2.75, 3.05) is 5.32 Å². The van der Waals surface area contributed by atoms with E-state index in [1.807, 2.05) is 50.2 Å². The zero-order chi connectivity index (χ0) is 14.1. The molecule has 3 aromatic rings. The third kappa shape index (κ3) is 2.42. The summed E-state index contributed by atoms with van der Waals surface area (Å²) in [6, 6.07) is 13.6. The molecule has 2 aromatic carbocycles. The summed E-state index contributed by atoms with van der Waals surface area (Å²) in [5, 5.41) is 3.51. The van der Waals surface area contributed by atoms with Crippen LogP contribution < -0.4 is 5.32 Å². The maximum absolute atomic E-state index is 12.2. The van der Waals surface area contributed by atoms with Crippen molar-refractivity contribution >= 4 is 32.6 Å². The van der Waals surface area contributed by atoms with Gasteiger partial charge in [-0.3, -0.25) is 10.1 Å². The number of benzene rings is 2. The Morgan fingerprint density at radius 2 is 1.95 bits per heavy atom. The predicted molar refractivity (Wildman–Crippen MR) is 83.5 cm³/mol. The zero-order valence-corrected chi connectivity index (χ0v) is 12.1. The topological polar surface area (TPSA) is 42.0 Å². The van der Waals surface area contributed by atoms with Crippen molar-refractivity contribution in [1.29, 1.82) is 0 Å². The maximum Gasteiger partial charge on any atom is 0.257 e. The molecule has 0 atom stereocenters. The summed E-state index contributed by atoms with van der Waals surface area (Å²) in [6.07, 6.45) is 0. The van der Waals surface area contributed by atoms with Crippen LogP contribution in [0.5, 0.6) is 0 Å². The van der Waals surface area contributed by atoms with Crippen LogP contribution in [0.4, 0.5) is 5.13 Å². The third-order valence-corrected chi connectivity index (χ3v) is 4.09. The molecule has 0 aliphatic heterocycles. The lowest BCUT2D eigenvalue weighted by Crippen LogP contribution is -2.12. The average Bonchev–Trinajstić information content (AvgIpc) is 2.80. The first-order valence-electron chi connectivity index (χ1n) is 6.37. The highest BCUT2D eigenvalue weighted by atomic mass is 32.1. The first-order chi connectivity index (χ1) is 9.63. The molecule has 100 valence electrons. The largest absolute Gasteiger partial charge is 0.298 e. The van der Waals surface area contributed by atoms with E-state index in [1.54, 1.807) is 0 Å². The van der Waals surface area contributed by atoms with Gasteiger partial charge in [-0.25, -0.2) is 4.98 Å². The van der Waals surface area contributed by atoms with Crippen molar-refractivity contribution in [3.8, 4) is 0 Å². The number of thiazole rings is 1. The van der Waals surface area contributed by atoms with E-state index in [9.17, 15) is 4.79 Å². The number of amides is 1. The summed E-state index contributed by atoms with van der Waals surface area (Å²) >= 11 is 1.50. The number of hydrogen-bond donors (Lipinski definition) is 1. The summed E-state index contributed by atoms with van der Waals surface area (Å²) in [5.41, 5.74) is 3.75. The van der Waals surface area contributed by atoms with Gasteiger partial charge in [0.2, 0.25) is 0 Å². The van der Waals surface area contributed by atoms with E-state index in [-0.39, 0.29) is 5.91 Å². The Balaban J connectivity index is 1.89. The standard InChI is InChI=1S/C16H14N2OS/c1-10-7-8-13-14(9-10)20-16(17-13)18-15(19)12-6-4-3-5-11(12)2/h3-9H,1-2H3,(H,17,18,19). The van der Waals surface area contributed by atoms with Gasteiger partial charge < -0.3 is 0 Å². The fourth-order valence-electron chi connectivity index (χ4n) is 2.08. The van der Waals surface area contributed by atoms with Crippen LogP contribution in [0.3, 0.4) is 0 Å². The second kappa shape index (κ2) is 5.06. The first-order valence-corrected chi connectivity index (χ1v) is 7.19. The van der Waals surface area contributed by atoms with Crippen molar-refractivity contribution in [1.82, 2.24) is 4.98 Å². The van der Waals surface area contributed by atoms with Crippen molar-refractivity contribution in [3.63, 3.8) is 0 Å². The number of nitrogens with zero attached hydrogens (tertiary/aromatic N) is 1. The van der Waals surface area contributed by atoms with Crippen LogP contribution in [0.2, 0.25) is 0 Å². The fraction of sp³-hybridized carbons (Fsp3) is 0.125. The van der Waals surface area contributed by atoms with Gasteiger partial charge in [0.25, 0.3) is 5.91 Å². The van der Waals surface area contributed by atoms with Gasteiger partial charge in [-0.1, -0.05) is 35.6 Å². The van der Waals surface area contributed by atoms with E-state index in [0.29, 0.717) is 10.7 Å². The Bertz CT molecular complexity index is 792. The lowest BCUT2D eigenvalue weighted by Gasteiger charge is -2.04. The molecule has 1 N–H and O–H groups in total. The minimum atomic E-state index is -0.112. The fourth-order valence-corrected chi connectivity index (χ4v) is 3.04. The molecule has 0 radical (unpaired) electrons. The highest BCUT2D eigenvalue weighted by molar-refractivity contribution is 7.22. The number of fused-ring (bicyclic) bond motifs is 1. The van der Waals surface area contributed by atoms with Crippen LogP contribution in [0.1, 0.15) is 21.5 Å². The van der Waals surface area contributed by atoms with E-state index in [0.717, 1.165) is 15.8 Å². The van der Waals surface area contributed by atoms with E-state index < -0.39 is 0 Å². The predicted octanol–water partition coefficient (Wildman–Crippen LogP) is 4.17. The molecule has 0 saturated heterocycles. The van der Waals surface area contributed by atoms with Crippen molar-refractivity contribution in [2.24, 2.45) is 0 Å². The molecule has 0 fully saturated rings. The van der Waals surface area contributed by atoms with Gasteiger partial charge in [0.15, 0.2) is 5.13 Å². The number of anilines is 1. The number of carbonyl (C=O) groups is 1. The Morgan fingerprint density at radius 1 is 1.15 bits per heavy atom. The normalized spacial score (nSPS) is 10.7. The van der Waals surface area contributed by atoms with Crippen LogP contribution in [0, 0.1) is 13.8 Å². The number of nitrogens with one attached hydrogen (secondary N) is 1. The lowest BCUT2D eigenvalue weighted by molar-refractivity contribution is 0.102. The quantitative estimate of drug-likeness (QED) is 0.766. The highest BCUT2D eigenvalue weighted by Crippen LogP contribution is 2.27. The highest BCUT2D eigenvalue weighted by Gasteiger charge is 2.11. The molecule has 4 heteroatoms. The number of aromatic nitrogens is 1. The Hall–Kier alpha value is -2.20. The zero-order valence-electron chi connectivity index (χ0n) is 11.3. The van der Waals surface area contributed by atoms with Crippen molar-refractivity contribution in [2.45, 2.75) is 13.8 Å². The van der Waals surface area contributed by atoms with E-state index in [1.165, 1.54) is 16.9 Å². The van der Waals surface area contributed by atoms with Gasteiger partial charge >= 0.3 is 0 Å². The summed E-state index contributed by atoms with van der Waals surface area (Å²) in [7, 11) is 0. The number of aryl methyl sites for hydroxylation is 2. The van der Waals surface area contributed by atoms with Gasteiger partial charge in [-0.05, 0) is 43.2 Å². The molecule has 1 heterocycles. The molecular formula is C16H14N2OS. The SMILES string of the molecule is Cc1ccc2nc(NC(=O)c3ccccc3C)sc2c1. The molecule has 3 rings (SSSR count). The monoisotopic (exact) mass is 282 g/mol. The van der Waals surface area contributed by atoms with Crippen molar-refractivity contribution < 1.29 is 4.79 Å². The molecule has 0 saturated carbocycles. The maximum atomic E-state index is 12.2. The van der Waals surface area contributed by atoms with Crippen LogP contribution in [-0.4, -0.2) is 10.9 Å². The summed E-state index contributed by atoms with van der Waals surface area (Å²) < 4.78 is 1.09. The number of hydrogen-bond acceptors (Lipinski definition) is 3. The molecule has 0 bridgehead atoms. The molecule has 20 heavy (non-hydrogen) atoms. The van der Waals surface area contributed by atoms with Crippen LogP contribution in [0.15, 0.2) is 42.5 Å². The Kier molecular flexibility index (Phi) is 3.24. The Labute approximate surface area is 121 Å². The third-order valence-electron chi connectivity index (χ3n) is 3.15. The van der Waals surface area contributed by atoms with Crippen LogP contribution >= 0.6 is 11.3 Å². The van der Waals surface area contributed by atoms with E-state index in [2.05, 4.69) is 16.4 Å². The van der Waals surface area contributed by atoms with Gasteiger partial charge in [0.05, 0.1) is 10.2 Å².